The summed E-state index contributed by atoms with van der Waals surface area (Å²) >= 11 is 0. The maximum absolute atomic E-state index is 11.9. The van der Waals surface area contributed by atoms with Crippen molar-refractivity contribution in [1.29, 1.82) is 0 Å². The molecule has 0 bridgehead atoms. The monoisotopic (exact) mass is 330 g/mol. The first-order chi connectivity index (χ1) is 9.56. The van der Waals surface area contributed by atoms with Gasteiger partial charge in [-0.2, -0.15) is 0 Å². The lowest BCUT2D eigenvalue weighted by Gasteiger charge is -2.17. The molecule has 0 heterocycles. The molecule has 1 amide bonds. The summed E-state index contributed by atoms with van der Waals surface area (Å²) in [5.41, 5.74) is 1.05. The second kappa shape index (κ2) is 8.51. The fraction of sp³-hybridized carbons (Fsp3) is 0.533. The number of halogens is 1. The summed E-state index contributed by atoms with van der Waals surface area (Å²) in [7, 11) is 0.860. The van der Waals surface area contributed by atoms with Crippen LogP contribution in [0.2, 0.25) is 0 Å². The quantitative estimate of drug-likeness (QED) is 0.829. The molecule has 1 aliphatic carbocycles. The summed E-state index contributed by atoms with van der Waals surface area (Å²) in [5.74, 6) is 0.893. The fourth-order valence-corrected chi connectivity index (χ4v) is 2.51. The Hall–Kier alpha value is -0.910. The Morgan fingerprint density at radius 2 is 1.95 bits per heavy atom. The first-order valence-corrected chi connectivity index (χ1v) is 8.49. The van der Waals surface area contributed by atoms with E-state index in [1.807, 2.05) is 31.3 Å². The Balaban J connectivity index is 0.00000220. The van der Waals surface area contributed by atoms with Gasteiger partial charge in [0.25, 0.3) is 0 Å². The van der Waals surface area contributed by atoms with E-state index in [4.69, 9.17) is 0 Å². The maximum Gasteiger partial charge on any atom is 0.236 e. The zero-order valence-electron chi connectivity index (χ0n) is 12.5. The van der Waals surface area contributed by atoms with Gasteiger partial charge in [-0.1, -0.05) is 12.1 Å². The van der Waals surface area contributed by atoms with E-state index in [9.17, 15) is 9.00 Å². The lowest BCUT2D eigenvalue weighted by Crippen LogP contribution is -2.35. The van der Waals surface area contributed by atoms with Crippen molar-refractivity contribution < 1.29 is 9.00 Å². The number of nitrogens with one attached hydrogen (secondary N) is 1. The third kappa shape index (κ3) is 6.16. The van der Waals surface area contributed by atoms with Crippen LogP contribution in [0.4, 0.5) is 0 Å². The van der Waals surface area contributed by atoms with Crippen LogP contribution in [-0.2, 0) is 22.1 Å². The molecule has 1 aromatic carbocycles. The summed E-state index contributed by atoms with van der Waals surface area (Å²) in [4.78, 5) is 14.5. The van der Waals surface area contributed by atoms with Crippen molar-refractivity contribution in [3.63, 3.8) is 0 Å². The van der Waals surface area contributed by atoms with Gasteiger partial charge in [0.2, 0.25) is 5.91 Å². The van der Waals surface area contributed by atoms with Crippen molar-refractivity contribution in [2.45, 2.75) is 24.3 Å². The minimum atomic E-state index is -0.952. The predicted molar refractivity (Wildman–Crippen MR) is 88.1 cm³/mol. The summed E-state index contributed by atoms with van der Waals surface area (Å²) in [6.07, 6.45) is 4.25. The minimum Gasteiger partial charge on any atom is -0.340 e. The zero-order valence-corrected chi connectivity index (χ0v) is 14.1. The molecule has 1 fully saturated rings. The van der Waals surface area contributed by atoms with Gasteiger partial charge >= 0.3 is 0 Å². The minimum absolute atomic E-state index is 0. The molecule has 0 spiro atoms. The highest BCUT2D eigenvalue weighted by molar-refractivity contribution is 7.84. The van der Waals surface area contributed by atoms with Gasteiger partial charge in [0, 0.05) is 35.5 Å². The molecule has 1 unspecified atom stereocenters. The highest BCUT2D eigenvalue weighted by Gasteiger charge is 2.21. The number of nitrogens with zero attached hydrogens (tertiary/aromatic N) is 1. The first kappa shape index (κ1) is 18.1. The summed E-state index contributed by atoms with van der Waals surface area (Å²) in [5, 5.41) is 3.21. The lowest BCUT2D eigenvalue weighted by molar-refractivity contribution is -0.129. The van der Waals surface area contributed by atoms with Crippen molar-refractivity contribution in [2.24, 2.45) is 5.92 Å². The molecule has 1 saturated carbocycles. The number of hydrogen-bond acceptors (Lipinski definition) is 3. The van der Waals surface area contributed by atoms with E-state index >= 15 is 0 Å². The molecule has 0 aliphatic heterocycles. The fourth-order valence-electron chi connectivity index (χ4n) is 1.99. The normalized spacial score (nSPS) is 15.1. The summed E-state index contributed by atoms with van der Waals surface area (Å²) < 4.78 is 11.3. The largest absolute Gasteiger partial charge is 0.340 e. The van der Waals surface area contributed by atoms with Gasteiger partial charge in [-0.25, -0.2) is 0 Å². The molecule has 118 valence electrons. The van der Waals surface area contributed by atoms with E-state index in [1.54, 1.807) is 11.2 Å². The Kier molecular flexibility index (Phi) is 7.35. The van der Waals surface area contributed by atoms with Crippen LogP contribution in [0.15, 0.2) is 29.2 Å². The van der Waals surface area contributed by atoms with Crippen molar-refractivity contribution in [2.75, 3.05) is 26.4 Å². The van der Waals surface area contributed by atoms with Crippen LogP contribution in [0, 0.1) is 5.92 Å². The van der Waals surface area contributed by atoms with Gasteiger partial charge in [0.1, 0.15) is 0 Å². The standard InChI is InChI=1S/C15H22N2O2S.ClH/c1-17(15(18)10-16-9-12-3-4-12)11-13-5-7-14(8-6-13)20(2)19;/h5-8,12,16H,3-4,9-11H2,1-2H3;1H. The predicted octanol–water partition coefficient (Wildman–Crippen LogP) is 1.80. The van der Waals surface area contributed by atoms with Gasteiger partial charge in [0.05, 0.1) is 6.54 Å². The third-order valence-electron chi connectivity index (χ3n) is 3.51. The van der Waals surface area contributed by atoms with Crippen LogP contribution in [0.3, 0.4) is 0 Å². The number of amides is 1. The van der Waals surface area contributed by atoms with E-state index in [0.29, 0.717) is 13.1 Å². The Labute approximate surface area is 135 Å². The van der Waals surface area contributed by atoms with Gasteiger partial charge in [-0.15, -0.1) is 12.4 Å². The number of likely N-dealkylation sites (N-methyl/N-ethyl adjacent to an activating group) is 1. The molecule has 4 nitrogen and oxygen atoms in total. The highest BCUT2D eigenvalue weighted by Crippen LogP contribution is 2.27. The van der Waals surface area contributed by atoms with Gasteiger partial charge < -0.3 is 10.2 Å². The molecule has 1 atom stereocenters. The maximum atomic E-state index is 11.9. The van der Waals surface area contributed by atoms with Gasteiger partial charge in [-0.05, 0) is 43.0 Å². The van der Waals surface area contributed by atoms with Crippen molar-refractivity contribution >= 4 is 29.1 Å². The highest BCUT2D eigenvalue weighted by atomic mass is 35.5. The Bertz CT molecular complexity index is 489. The van der Waals surface area contributed by atoms with Crippen LogP contribution < -0.4 is 5.32 Å². The average molecular weight is 331 g/mol. The third-order valence-corrected chi connectivity index (χ3v) is 4.44. The number of carbonyl (C=O) groups excluding carboxylic acids is 1. The van der Waals surface area contributed by atoms with Crippen molar-refractivity contribution in [3.8, 4) is 0 Å². The molecule has 0 radical (unpaired) electrons. The average Bonchev–Trinajstić information content (AvgIpc) is 3.23. The van der Waals surface area contributed by atoms with E-state index in [2.05, 4.69) is 5.32 Å². The van der Waals surface area contributed by atoms with Crippen molar-refractivity contribution in [3.05, 3.63) is 29.8 Å². The topological polar surface area (TPSA) is 49.4 Å². The van der Waals surface area contributed by atoms with E-state index in [1.165, 1.54) is 12.8 Å². The van der Waals surface area contributed by atoms with Gasteiger partial charge in [0.15, 0.2) is 0 Å². The number of hydrogen-bond donors (Lipinski definition) is 1. The molecule has 2 rings (SSSR count). The van der Waals surface area contributed by atoms with Crippen molar-refractivity contribution in [1.82, 2.24) is 10.2 Å². The van der Waals surface area contributed by atoms with Crippen LogP contribution in [0.5, 0.6) is 0 Å². The molecule has 0 aromatic heterocycles. The molecule has 6 heteroatoms. The van der Waals surface area contributed by atoms with Crippen LogP contribution in [-0.4, -0.2) is 41.4 Å². The molecule has 1 N–H and O–H groups in total. The number of rotatable bonds is 7. The number of benzene rings is 1. The SMILES string of the molecule is CN(Cc1ccc(S(C)=O)cc1)C(=O)CNCC1CC1.Cl. The summed E-state index contributed by atoms with van der Waals surface area (Å²) in [6.45, 7) is 1.95. The van der Waals surface area contributed by atoms with E-state index < -0.39 is 10.8 Å². The van der Waals surface area contributed by atoms with E-state index in [0.717, 1.165) is 22.9 Å². The van der Waals surface area contributed by atoms with Crippen LogP contribution >= 0.6 is 12.4 Å². The van der Waals surface area contributed by atoms with E-state index in [-0.39, 0.29) is 18.3 Å². The van der Waals surface area contributed by atoms with Crippen LogP contribution in [0.1, 0.15) is 18.4 Å². The molecular weight excluding hydrogens is 308 g/mol. The summed E-state index contributed by atoms with van der Waals surface area (Å²) in [6, 6.07) is 7.57. The van der Waals surface area contributed by atoms with Gasteiger partial charge in [-0.3, -0.25) is 9.00 Å². The lowest BCUT2D eigenvalue weighted by atomic mass is 10.2. The molecule has 0 saturated heterocycles. The molecular formula is C15H23ClN2O2S. The molecule has 21 heavy (non-hydrogen) atoms. The Morgan fingerprint density at radius 3 is 2.48 bits per heavy atom. The number of carbonyl (C=O) groups is 1. The second-order valence-corrected chi connectivity index (χ2v) is 6.80. The molecule has 1 aromatic rings. The first-order valence-electron chi connectivity index (χ1n) is 6.93. The smallest absolute Gasteiger partial charge is 0.236 e. The molecule has 1 aliphatic rings. The van der Waals surface area contributed by atoms with Crippen LogP contribution in [0.25, 0.3) is 0 Å². The Morgan fingerprint density at radius 1 is 1.33 bits per heavy atom. The zero-order chi connectivity index (χ0) is 14.5. The second-order valence-electron chi connectivity index (χ2n) is 5.42.